The minimum atomic E-state index is 0.982. The van der Waals surface area contributed by atoms with Crippen LogP contribution in [0.2, 0.25) is 0 Å². The molecule has 0 amide bonds. The van der Waals surface area contributed by atoms with Gasteiger partial charge in [-0.3, -0.25) is 4.99 Å². The van der Waals surface area contributed by atoms with Crippen LogP contribution in [-0.4, -0.2) is 5.71 Å². The molecule has 0 aromatic heterocycles. The summed E-state index contributed by atoms with van der Waals surface area (Å²) in [5.74, 6) is 0. The topological polar surface area (TPSA) is 12.4 Å². The molecule has 0 spiro atoms. The Morgan fingerprint density at radius 2 is 1.59 bits per heavy atom. The first kappa shape index (κ1) is 15.9. The highest BCUT2D eigenvalue weighted by atomic mass is 14.8. The minimum absolute atomic E-state index is 0.982. The van der Waals surface area contributed by atoms with Crippen LogP contribution in [0.5, 0.6) is 0 Å². The van der Waals surface area contributed by atoms with Crippen LogP contribution in [0.25, 0.3) is 0 Å². The lowest BCUT2D eigenvalue weighted by atomic mass is 10.1. The average molecular weight is 233 g/mol. The molecular formula is C16H27N. The quantitative estimate of drug-likeness (QED) is 0.442. The third-order valence-electron chi connectivity index (χ3n) is 2.87. The molecule has 0 fully saturated rings. The fourth-order valence-electron chi connectivity index (χ4n) is 1.66. The summed E-state index contributed by atoms with van der Waals surface area (Å²) in [4.78, 5) is 4.80. The Bertz CT molecular complexity index is 361. The third kappa shape index (κ3) is 5.67. The van der Waals surface area contributed by atoms with Crippen molar-refractivity contribution in [1.82, 2.24) is 0 Å². The second-order valence-corrected chi connectivity index (χ2v) is 4.57. The molecule has 0 aliphatic heterocycles. The SMILES string of the molecule is C/C=C(C)\C=C(\C)C(CC)=NC(CC)=C(C)C. The molecule has 0 heterocycles. The van der Waals surface area contributed by atoms with E-state index in [2.05, 4.69) is 60.6 Å². The Morgan fingerprint density at radius 1 is 1.00 bits per heavy atom. The molecule has 0 radical (unpaired) electrons. The zero-order valence-electron chi connectivity index (χ0n) is 12.5. The fraction of sp³-hybridized carbons (Fsp3) is 0.562. The van der Waals surface area contributed by atoms with Gasteiger partial charge >= 0.3 is 0 Å². The van der Waals surface area contributed by atoms with Crippen molar-refractivity contribution in [2.45, 2.75) is 61.3 Å². The molecule has 0 aromatic carbocycles. The molecule has 0 saturated heterocycles. The molecule has 0 aliphatic carbocycles. The van der Waals surface area contributed by atoms with E-state index < -0.39 is 0 Å². The normalized spacial score (nSPS) is 13.9. The lowest BCUT2D eigenvalue weighted by Crippen LogP contribution is -2.00. The number of hydrogen-bond donors (Lipinski definition) is 0. The van der Waals surface area contributed by atoms with Gasteiger partial charge in [0.25, 0.3) is 0 Å². The van der Waals surface area contributed by atoms with E-state index in [0.717, 1.165) is 12.8 Å². The smallest absolute Gasteiger partial charge is 0.0433 e. The molecule has 0 atom stereocenters. The molecule has 0 bridgehead atoms. The number of aliphatic imine (C=N–C) groups is 1. The Hall–Kier alpha value is -1.11. The van der Waals surface area contributed by atoms with E-state index in [1.54, 1.807) is 0 Å². The van der Waals surface area contributed by atoms with Crippen LogP contribution < -0.4 is 0 Å². The monoisotopic (exact) mass is 233 g/mol. The Morgan fingerprint density at radius 3 is 1.94 bits per heavy atom. The van der Waals surface area contributed by atoms with Crippen molar-refractivity contribution in [2.75, 3.05) is 0 Å². The summed E-state index contributed by atoms with van der Waals surface area (Å²) in [6.07, 6.45) is 6.32. The highest BCUT2D eigenvalue weighted by Gasteiger charge is 2.02. The van der Waals surface area contributed by atoms with Crippen molar-refractivity contribution in [3.05, 3.63) is 34.6 Å². The van der Waals surface area contributed by atoms with Gasteiger partial charge in [0.1, 0.15) is 0 Å². The van der Waals surface area contributed by atoms with E-state index in [9.17, 15) is 0 Å². The van der Waals surface area contributed by atoms with Crippen LogP contribution in [0.1, 0.15) is 61.3 Å². The molecule has 1 nitrogen and oxygen atoms in total. The maximum Gasteiger partial charge on any atom is 0.0433 e. The third-order valence-corrected chi connectivity index (χ3v) is 2.87. The second kappa shape index (κ2) is 8.05. The first-order chi connectivity index (χ1) is 7.96. The van der Waals surface area contributed by atoms with Gasteiger partial charge in [0, 0.05) is 11.4 Å². The average Bonchev–Trinajstić information content (AvgIpc) is 2.29. The van der Waals surface area contributed by atoms with Crippen LogP contribution in [-0.2, 0) is 0 Å². The van der Waals surface area contributed by atoms with Gasteiger partial charge in [-0.2, -0.15) is 0 Å². The summed E-state index contributed by atoms with van der Waals surface area (Å²) in [7, 11) is 0. The first-order valence-corrected chi connectivity index (χ1v) is 6.51. The number of rotatable bonds is 5. The molecule has 17 heavy (non-hydrogen) atoms. The summed E-state index contributed by atoms with van der Waals surface area (Å²) >= 11 is 0. The van der Waals surface area contributed by atoms with Crippen molar-refractivity contribution in [1.29, 1.82) is 0 Å². The highest BCUT2D eigenvalue weighted by molar-refractivity contribution is 6.00. The lowest BCUT2D eigenvalue weighted by Gasteiger charge is -2.08. The number of allylic oxidation sites excluding steroid dienone is 6. The van der Waals surface area contributed by atoms with Gasteiger partial charge in [0.2, 0.25) is 0 Å². The molecule has 1 heteroatoms. The maximum atomic E-state index is 4.80. The zero-order chi connectivity index (χ0) is 13.4. The van der Waals surface area contributed by atoms with Crippen molar-refractivity contribution in [2.24, 2.45) is 4.99 Å². The Labute approximate surface area is 107 Å². The molecule has 0 aromatic rings. The standard InChI is InChI=1S/C16H27N/c1-8-13(6)11-14(7)16(10-3)17-15(9-2)12(4)5/h8,11H,9-10H2,1-7H3/b13-8-,14-11-,17-16?. The van der Waals surface area contributed by atoms with E-state index >= 15 is 0 Å². The lowest BCUT2D eigenvalue weighted by molar-refractivity contribution is 1.01. The highest BCUT2D eigenvalue weighted by Crippen LogP contribution is 2.14. The van der Waals surface area contributed by atoms with Crippen molar-refractivity contribution in [3.63, 3.8) is 0 Å². The minimum Gasteiger partial charge on any atom is -0.258 e. The summed E-state index contributed by atoms with van der Waals surface area (Å²) in [5, 5.41) is 0. The van der Waals surface area contributed by atoms with Gasteiger partial charge in [-0.05, 0) is 53.0 Å². The van der Waals surface area contributed by atoms with E-state index in [-0.39, 0.29) is 0 Å². The van der Waals surface area contributed by atoms with Crippen LogP contribution in [0.3, 0.4) is 0 Å². The molecule has 0 N–H and O–H groups in total. The van der Waals surface area contributed by atoms with Gasteiger partial charge < -0.3 is 0 Å². The van der Waals surface area contributed by atoms with E-state index in [4.69, 9.17) is 4.99 Å². The van der Waals surface area contributed by atoms with Gasteiger partial charge in [0.05, 0.1) is 0 Å². The molecule has 0 unspecified atom stereocenters. The van der Waals surface area contributed by atoms with Crippen LogP contribution >= 0.6 is 0 Å². The summed E-state index contributed by atoms with van der Waals surface area (Å²) in [6.45, 7) is 14.9. The van der Waals surface area contributed by atoms with Crippen molar-refractivity contribution >= 4 is 5.71 Å². The van der Waals surface area contributed by atoms with Crippen LogP contribution in [0.15, 0.2) is 39.6 Å². The Kier molecular flexibility index (Phi) is 7.53. The first-order valence-electron chi connectivity index (χ1n) is 6.51. The predicted octanol–water partition coefficient (Wildman–Crippen LogP) is 5.45. The van der Waals surface area contributed by atoms with E-state index in [1.807, 2.05) is 0 Å². The molecular weight excluding hydrogens is 206 g/mol. The summed E-state index contributed by atoms with van der Waals surface area (Å²) < 4.78 is 0. The fourth-order valence-corrected chi connectivity index (χ4v) is 1.66. The van der Waals surface area contributed by atoms with Crippen LogP contribution in [0.4, 0.5) is 0 Å². The van der Waals surface area contributed by atoms with Gasteiger partial charge in [0.15, 0.2) is 0 Å². The molecule has 0 rings (SSSR count). The molecule has 0 saturated carbocycles. The van der Waals surface area contributed by atoms with E-state index in [1.165, 1.54) is 28.1 Å². The second-order valence-electron chi connectivity index (χ2n) is 4.57. The predicted molar refractivity (Wildman–Crippen MR) is 79.6 cm³/mol. The maximum absolute atomic E-state index is 4.80. The summed E-state index contributed by atoms with van der Waals surface area (Å²) in [5.41, 5.74) is 6.29. The van der Waals surface area contributed by atoms with Gasteiger partial charge in [-0.15, -0.1) is 0 Å². The largest absolute Gasteiger partial charge is 0.258 e. The number of nitrogens with zero attached hydrogens (tertiary/aromatic N) is 1. The van der Waals surface area contributed by atoms with Crippen molar-refractivity contribution < 1.29 is 0 Å². The van der Waals surface area contributed by atoms with Crippen LogP contribution in [0, 0.1) is 0 Å². The van der Waals surface area contributed by atoms with Gasteiger partial charge in [-0.25, -0.2) is 0 Å². The van der Waals surface area contributed by atoms with E-state index in [0.29, 0.717) is 0 Å². The van der Waals surface area contributed by atoms with Crippen molar-refractivity contribution in [3.8, 4) is 0 Å². The summed E-state index contributed by atoms with van der Waals surface area (Å²) in [6, 6.07) is 0. The zero-order valence-corrected chi connectivity index (χ0v) is 12.5. The Balaban J connectivity index is 5.29. The number of hydrogen-bond acceptors (Lipinski definition) is 1. The molecule has 0 aliphatic rings. The van der Waals surface area contributed by atoms with Gasteiger partial charge in [-0.1, -0.05) is 37.1 Å². The molecule has 96 valence electrons.